The van der Waals surface area contributed by atoms with Crippen LogP contribution >= 0.6 is 38.5 Å². The molecule has 0 aliphatic rings. The van der Waals surface area contributed by atoms with E-state index in [1.165, 1.54) is 24.5 Å². The molecular formula is C14H16BrFIN5. The largest absolute Gasteiger partial charge is 0.404 e. The van der Waals surface area contributed by atoms with Crippen molar-refractivity contribution < 1.29 is 4.39 Å². The minimum Gasteiger partial charge on any atom is -0.404 e. The van der Waals surface area contributed by atoms with Gasteiger partial charge in [0.05, 0.1) is 17.6 Å². The van der Waals surface area contributed by atoms with Crippen LogP contribution in [0.25, 0.3) is 0 Å². The molecule has 22 heavy (non-hydrogen) atoms. The molecule has 0 atom stereocenters. The van der Waals surface area contributed by atoms with E-state index in [0.29, 0.717) is 32.6 Å². The average molecular weight is 480 g/mol. The van der Waals surface area contributed by atoms with Crippen molar-refractivity contribution in [3.8, 4) is 0 Å². The number of nitrogens with two attached hydrogens (primary N) is 2. The number of nitrogens with zero attached hydrogens (tertiary/aromatic N) is 3. The number of hydrazone groups is 1. The second kappa shape index (κ2) is 9.67. The SMILES string of the molecule is CCN=C(Br)C(=CN)CC(C=NN)=Nc1ccc(F)cc1I. The van der Waals surface area contributed by atoms with Gasteiger partial charge in [0, 0.05) is 28.3 Å². The molecule has 5 nitrogen and oxygen atoms in total. The van der Waals surface area contributed by atoms with Crippen molar-refractivity contribution in [3.05, 3.63) is 39.4 Å². The van der Waals surface area contributed by atoms with Gasteiger partial charge in [-0.25, -0.2) is 4.39 Å². The molecule has 0 aromatic heterocycles. The van der Waals surface area contributed by atoms with E-state index < -0.39 is 0 Å². The first kappa shape index (κ1) is 18.8. The van der Waals surface area contributed by atoms with E-state index in [4.69, 9.17) is 11.6 Å². The normalized spacial score (nSPS) is 13.9. The van der Waals surface area contributed by atoms with E-state index in [2.05, 4.69) is 31.0 Å². The molecular weight excluding hydrogens is 464 g/mol. The van der Waals surface area contributed by atoms with Gasteiger partial charge in [0.15, 0.2) is 0 Å². The summed E-state index contributed by atoms with van der Waals surface area (Å²) >= 11 is 5.40. The number of allylic oxidation sites excluding steroid dienone is 1. The molecule has 0 unspecified atom stereocenters. The average Bonchev–Trinajstić information content (AvgIpc) is 2.47. The van der Waals surface area contributed by atoms with Crippen LogP contribution in [0.1, 0.15) is 13.3 Å². The Bertz CT molecular complexity index is 640. The number of benzene rings is 1. The third-order valence-electron chi connectivity index (χ3n) is 2.53. The first-order chi connectivity index (χ1) is 10.5. The van der Waals surface area contributed by atoms with Crippen molar-refractivity contribution in [1.29, 1.82) is 0 Å². The summed E-state index contributed by atoms with van der Waals surface area (Å²) in [6.07, 6.45) is 3.29. The van der Waals surface area contributed by atoms with Crippen LogP contribution in [-0.2, 0) is 0 Å². The minimum absolute atomic E-state index is 0.308. The number of hydrogen-bond acceptors (Lipinski definition) is 5. The van der Waals surface area contributed by atoms with E-state index in [-0.39, 0.29) is 5.82 Å². The lowest BCUT2D eigenvalue weighted by molar-refractivity contribution is 0.627. The fourth-order valence-electron chi connectivity index (χ4n) is 1.56. The predicted octanol–water partition coefficient (Wildman–Crippen LogP) is 3.49. The van der Waals surface area contributed by atoms with Crippen molar-refractivity contribution in [3.63, 3.8) is 0 Å². The van der Waals surface area contributed by atoms with Crippen LogP contribution in [0, 0.1) is 9.39 Å². The highest BCUT2D eigenvalue weighted by atomic mass is 127. The second-order valence-electron chi connectivity index (χ2n) is 4.11. The molecule has 4 N–H and O–H groups in total. The summed E-state index contributed by atoms with van der Waals surface area (Å²) in [5, 5.41) is 3.52. The molecule has 118 valence electrons. The second-order valence-corrected chi connectivity index (χ2v) is 6.02. The quantitative estimate of drug-likeness (QED) is 0.283. The van der Waals surface area contributed by atoms with Gasteiger partial charge < -0.3 is 11.6 Å². The molecule has 0 spiro atoms. The molecule has 0 saturated heterocycles. The van der Waals surface area contributed by atoms with E-state index in [9.17, 15) is 4.39 Å². The lowest BCUT2D eigenvalue weighted by Crippen LogP contribution is -2.09. The number of rotatable bonds is 6. The standard InChI is InChI=1S/C14H16BrFIN5/c1-2-20-14(15)9(7-18)5-11(8-21-19)22-13-4-3-10(16)6-12(13)17/h3-4,6-8H,2,5,18-19H2,1H3. The first-order valence-corrected chi connectivity index (χ1v) is 8.26. The van der Waals surface area contributed by atoms with Gasteiger partial charge in [-0.15, -0.1) is 0 Å². The molecule has 0 radical (unpaired) electrons. The van der Waals surface area contributed by atoms with Crippen LogP contribution in [-0.4, -0.2) is 23.1 Å². The van der Waals surface area contributed by atoms with E-state index in [1.54, 1.807) is 6.07 Å². The van der Waals surface area contributed by atoms with Crippen LogP contribution in [0.2, 0.25) is 0 Å². The van der Waals surface area contributed by atoms with Gasteiger partial charge in [0.2, 0.25) is 0 Å². The molecule has 0 saturated carbocycles. The van der Waals surface area contributed by atoms with Crippen LogP contribution in [0.5, 0.6) is 0 Å². The van der Waals surface area contributed by atoms with Crippen molar-refractivity contribution >= 4 is 60.8 Å². The van der Waals surface area contributed by atoms with Crippen LogP contribution in [0.3, 0.4) is 0 Å². The van der Waals surface area contributed by atoms with Crippen LogP contribution < -0.4 is 11.6 Å². The third-order valence-corrected chi connectivity index (χ3v) is 4.16. The number of halogens is 3. The van der Waals surface area contributed by atoms with Gasteiger partial charge in [0.1, 0.15) is 10.4 Å². The Kier molecular flexibility index (Phi) is 8.25. The highest BCUT2D eigenvalue weighted by molar-refractivity contribution is 14.1. The zero-order valence-corrected chi connectivity index (χ0v) is 15.7. The molecule has 1 aromatic carbocycles. The van der Waals surface area contributed by atoms with Gasteiger partial charge in [-0.1, -0.05) is 0 Å². The van der Waals surface area contributed by atoms with Crippen molar-refractivity contribution in [2.24, 2.45) is 26.7 Å². The van der Waals surface area contributed by atoms with Gasteiger partial charge in [-0.3, -0.25) is 9.98 Å². The van der Waals surface area contributed by atoms with Gasteiger partial charge >= 0.3 is 0 Å². The van der Waals surface area contributed by atoms with Gasteiger partial charge in [0.25, 0.3) is 0 Å². The van der Waals surface area contributed by atoms with E-state index in [0.717, 1.165) is 5.57 Å². The molecule has 8 heteroatoms. The van der Waals surface area contributed by atoms with Crippen LogP contribution in [0.15, 0.2) is 45.1 Å². The maximum atomic E-state index is 13.1. The fraction of sp³-hybridized carbons (Fsp3) is 0.214. The molecule has 1 aromatic rings. The van der Waals surface area contributed by atoms with E-state index >= 15 is 0 Å². The van der Waals surface area contributed by atoms with Crippen molar-refractivity contribution in [2.75, 3.05) is 6.54 Å². The topological polar surface area (TPSA) is 89.1 Å². The van der Waals surface area contributed by atoms with Gasteiger partial charge in [-0.2, -0.15) is 5.10 Å². The Balaban J connectivity index is 3.13. The summed E-state index contributed by atoms with van der Waals surface area (Å²) in [5.74, 6) is 4.92. The number of aliphatic imine (C=N–C) groups is 2. The van der Waals surface area contributed by atoms with Crippen molar-refractivity contribution in [2.45, 2.75) is 13.3 Å². The maximum absolute atomic E-state index is 13.1. The monoisotopic (exact) mass is 479 g/mol. The Morgan fingerprint density at radius 1 is 1.45 bits per heavy atom. The molecule has 0 amide bonds. The minimum atomic E-state index is -0.308. The fourth-order valence-corrected chi connectivity index (χ4v) is 2.68. The van der Waals surface area contributed by atoms with Gasteiger partial charge in [-0.05, 0) is 63.6 Å². The summed E-state index contributed by atoms with van der Waals surface area (Å²) in [7, 11) is 0. The third kappa shape index (κ3) is 5.84. The summed E-state index contributed by atoms with van der Waals surface area (Å²) in [6, 6.07) is 4.36. The smallest absolute Gasteiger partial charge is 0.124 e. The zero-order valence-electron chi connectivity index (χ0n) is 11.9. The summed E-state index contributed by atoms with van der Waals surface area (Å²) in [4.78, 5) is 8.71. The Morgan fingerprint density at radius 2 is 2.18 bits per heavy atom. The van der Waals surface area contributed by atoms with Crippen LogP contribution in [0.4, 0.5) is 10.1 Å². The van der Waals surface area contributed by atoms with Crippen molar-refractivity contribution in [1.82, 2.24) is 0 Å². The molecule has 0 heterocycles. The molecule has 0 aliphatic carbocycles. The Labute approximate surface area is 150 Å². The summed E-state index contributed by atoms with van der Waals surface area (Å²) in [5.41, 5.74) is 7.62. The molecule has 0 fully saturated rings. The highest BCUT2D eigenvalue weighted by Gasteiger charge is 2.08. The predicted molar refractivity (Wildman–Crippen MR) is 103 cm³/mol. The Hall–Kier alpha value is -1.29. The van der Waals surface area contributed by atoms with E-state index in [1.807, 2.05) is 29.5 Å². The lowest BCUT2D eigenvalue weighted by atomic mass is 10.1. The lowest BCUT2D eigenvalue weighted by Gasteiger charge is -2.06. The summed E-state index contributed by atoms with van der Waals surface area (Å²) in [6.45, 7) is 2.55. The summed E-state index contributed by atoms with van der Waals surface area (Å²) < 4.78 is 14.5. The molecule has 0 aliphatic heterocycles. The first-order valence-electron chi connectivity index (χ1n) is 6.38. The number of hydrogen-bond donors (Lipinski definition) is 2. The molecule has 0 bridgehead atoms. The Morgan fingerprint density at radius 3 is 2.73 bits per heavy atom. The maximum Gasteiger partial charge on any atom is 0.124 e. The zero-order chi connectivity index (χ0) is 16.5. The highest BCUT2D eigenvalue weighted by Crippen LogP contribution is 2.23. The molecule has 1 rings (SSSR count).